The molecule has 2 heterocycles. The van der Waals surface area contributed by atoms with Gasteiger partial charge in [0.05, 0.1) is 16.9 Å². The van der Waals surface area contributed by atoms with Crippen LogP contribution < -0.4 is 11.1 Å². The highest BCUT2D eigenvalue weighted by Gasteiger charge is 2.28. The number of nitrogens with two attached hydrogens (primary N) is 1. The molecule has 2 amide bonds. The lowest BCUT2D eigenvalue weighted by molar-refractivity contribution is 0.0992. The number of carbonyl (C=O) groups excluding carboxylic acids is 2. The molecule has 0 saturated heterocycles. The number of nitrogens with one attached hydrogen (secondary N) is 1. The molecular formula is C29H24ClN5O3. The summed E-state index contributed by atoms with van der Waals surface area (Å²) in [6.45, 7) is 0.115. The average Bonchev–Trinajstić information content (AvgIpc) is 3.32. The molecule has 0 saturated carbocycles. The normalized spacial score (nSPS) is 11.6. The first-order chi connectivity index (χ1) is 18.5. The second-order valence-electron chi connectivity index (χ2n) is 8.80. The molecular weight excluding hydrogens is 502 g/mol. The number of hydrogen-bond acceptors (Lipinski definition) is 5. The third kappa shape index (κ3) is 5.02. The number of rotatable bonds is 6. The molecule has 0 unspecified atom stereocenters. The van der Waals surface area contributed by atoms with Crippen molar-refractivity contribution in [3.05, 3.63) is 93.9 Å². The number of fused-ring (bicyclic) bond motifs is 3. The SMILES string of the molecule is NC(=O)c1nn(-c2ccc(C#CCCCO)cc2)c2c1CCc1ccc(NC(=O)c3cccnc3Cl)cc1-2. The first-order valence-electron chi connectivity index (χ1n) is 12.1. The molecule has 2 aromatic heterocycles. The van der Waals surface area contributed by atoms with Gasteiger partial charge < -0.3 is 16.2 Å². The van der Waals surface area contributed by atoms with Crippen LogP contribution in [-0.2, 0) is 12.8 Å². The van der Waals surface area contributed by atoms with Gasteiger partial charge in [0.1, 0.15) is 5.15 Å². The van der Waals surface area contributed by atoms with Crippen LogP contribution in [0.2, 0.25) is 5.15 Å². The molecule has 8 nitrogen and oxygen atoms in total. The van der Waals surface area contributed by atoms with E-state index in [0.717, 1.165) is 33.6 Å². The van der Waals surface area contributed by atoms with Gasteiger partial charge in [0.2, 0.25) is 0 Å². The lowest BCUT2D eigenvalue weighted by Gasteiger charge is -2.20. The number of aromatic nitrogens is 3. The van der Waals surface area contributed by atoms with Gasteiger partial charge in [0.25, 0.3) is 11.8 Å². The minimum Gasteiger partial charge on any atom is -0.396 e. The van der Waals surface area contributed by atoms with Crippen LogP contribution in [0.5, 0.6) is 0 Å². The number of primary amides is 1. The van der Waals surface area contributed by atoms with Crippen LogP contribution in [-0.4, -0.2) is 38.3 Å². The molecule has 1 aliphatic rings. The number of aryl methyl sites for hydroxylation is 1. The Bertz CT molecular complexity index is 1600. The number of anilines is 1. The summed E-state index contributed by atoms with van der Waals surface area (Å²) in [7, 11) is 0. The highest BCUT2D eigenvalue weighted by molar-refractivity contribution is 6.33. The summed E-state index contributed by atoms with van der Waals surface area (Å²) in [5.74, 6) is 5.16. The monoisotopic (exact) mass is 525 g/mol. The average molecular weight is 526 g/mol. The fraction of sp³-hybridized carbons (Fsp3) is 0.172. The maximum atomic E-state index is 12.8. The number of hydrogen-bond donors (Lipinski definition) is 3. The van der Waals surface area contributed by atoms with Gasteiger partial charge in [-0.15, -0.1) is 0 Å². The second kappa shape index (κ2) is 10.9. The van der Waals surface area contributed by atoms with Crippen molar-refractivity contribution in [2.24, 2.45) is 5.73 Å². The number of aliphatic hydroxyl groups is 1. The van der Waals surface area contributed by atoms with E-state index in [1.54, 1.807) is 16.8 Å². The number of halogens is 1. The Labute approximate surface area is 224 Å². The Morgan fingerprint density at radius 1 is 1.13 bits per heavy atom. The van der Waals surface area contributed by atoms with Crippen molar-refractivity contribution in [2.75, 3.05) is 11.9 Å². The number of amides is 2. The van der Waals surface area contributed by atoms with Gasteiger partial charge in [0.15, 0.2) is 5.69 Å². The summed E-state index contributed by atoms with van der Waals surface area (Å²) in [5, 5.41) is 16.5. The predicted octanol–water partition coefficient (Wildman–Crippen LogP) is 4.16. The van der Waals surface area contributed by atoms with E-state index in [1.165, 1.54) is 6.20 Å². The second-order valence-corrected chi connectivity index (χ2v) is 9.15. The number of benzene rings is 2. The van der Waals surface area contributed by atoms with Gasteiger partial charge in [-0.1, -0.05) is 29.5 Å². The first kappa shape index (κ1) is 25.2. The van der Waals surface area contributed by atoms with E-state index in [4.69, 9.17) is 22.4 Å². The van der Waals surface area contributed by atoms with Crippen LogP contribution in [0.15, 0.2) is 60.8 Å². The van der Waals surface area contributed by atoms with Crippen molar-refractivity contribution in [1.82, 2.24) is 14.8 Å². The molecule has 0 aliphatic heterocycles. The highest BCUT2D eigenvalue weighted by atomic mass is 35.5. The van der Waals surface area contributed by atoms with Gasteiger partial charge >= 0.3 is 0 Å². The molecule has 38 heavy (non-hydrogen) atoms. The van der Waals surface area contributed by atoms with Crippen molar-refractivity contribution in [1.29, 1.82) is 0 Å². The van der Waals surface area contributed by atoms with E-state index in [2.05, 4.69) is 27.2 Å². The Kier molecular flexibility index (Phi) is 7.22. The zero-order valence-electron chi connectivity index (χ0n) is 20.4. The number of unbranched alkanes of at least 4 members (excludes halogenated alkanes) is 1. The Hall–Kier alpha value is -4.45. The van der Waals surface area contributed by atoms with Crippen LogP contribution in [0.1, 0.15) is 50.4 Å². The lowest BCUT2D eigenvalue weighted by atomic mass is 9.88. The molecule has 4 N–H and O–H groups in total. The summed E-state index contributed by atoms with van der Waals surface area (Å²) in [4.78, 5) is 29.1. The molecule has 2 aromatic carbocycles. The van der Waals surface area contributed by atoms with Crippen LogP contribution >= 0.6 is 11.6 Å². The van der Waals surface area contributed by atoms with Gasteiger partial charge in [-0.2, -0.15) is 5.10 Å². The minimum atomic E-state index is -0.592. The van der Waals surface area contributed by atoms with Gasteiger partial charge in [-0.25, -0.2) is 9.67 Å². The van der Waals surface area contributed by atoms with E-state index in [-0.39, 0.29) is 28.9 Å². The number of pyridine rings is 1. The van der Waals surface area contributed by atoms with Crippen molar-refractivity contribution < 1.29 is 14.7 Å². The number of carbonyl (C=O) groups is 2. The summed E-state index contributed by atoms with van der Waals surface area (Å²) >= 11 is 6.10. The predicted molar refractivity (Wildman–Crippen MR) is 145 cm³/mol. The van der Waals surface area contributed by atoms with E-state index < -0.39 is 5.91 Å². The standard InChI is InChI=1S/C29H24ClN5O3/c30-27-23(6-4-15-32-27)29(38)33-20-11-9-19-10-14-22-25(28(31)37)34-35(26(22)24(19)17-20)21-12-7-18(8-13-21)5-2-1-3-16-36/h4,6-9,11-13,15,17,36H,1,3,10,14,16H2,(H2,31,37)(H,33,38). The van der Waals surface area contributed by atoms with E-state index in [1.807, 2.05) is 42.5 Å². The quantitative estimate of drug-likeness (QED) is 0.198. The van der Waals surface area contributed by atoms with Crippen LogP contribution in [0, 0.1) is 11.8 Å². The molecule has 9 heteroatoms. The Morgan fingerprint density at radius 3 is 2.68 bits per heavy atom. The van der Waals surface area contributed by atoms with Gasteiger partial charge in [-0.05, 0) is 73.4 Å². The van der Waals surface area contributed by atoms with Crippen molar-refractivity contribution in [3.63, 3.8) is 0 Å². The maximum absolute atomic E-state index is 12.8. The zero-order valence-corrected chi connectivity index (χ0v) is 21.1. The zero-order chi connectivity index (χ0) is 26.6. The largest absolute Gasteiger partial charge is 0.396 e. The number of aliphatic hydroxyl groups excluding tert-OH is 1. The summed E-state index contributed by atoms with van der Waals surface area (Å²) in [6.07, 6.45) is 4.10. The lowest BCUT2D eigenvalue weighted by Crippen LogP contribution is -2.16. The van der Waals surface area contributed by atoms with E-state index in [9.17, 15) is 9.59 Å². The number of nitrogens with zero attached hydrogens (tertiary/aromatic N) is 3. The highest BCUT2D eigenvalue weighted by Crippen LogP contribution is 2.38. The Morgan fingerprint density at radius 2 is 1.95 bits per heavy atom. The molecule has 5 rings (SSSR count). The molecule has 0 fully saturated rings. The summed E-state index contributed by atoms with van der Waals surface area (Å²) in [5.41, 5.74) is 11.8. The molecule has 0 radical (unpaired) electrons. The molecule has 0 atom stereocenters. The fourth-order valence-corrected chi connectivity index (χ4v) is 4.68. The molecule has 190 valence electrons. The van der Waals surface area contributed by atoms with Crippen LogP contribution in [0.4, 0.5) is 5.69 Å². The molecule has 4 aromatic rings. The van der Waals surface area contributed by atoms with Crippen molar-refractivity contribution in [2.45, 2.75) is 25.7 Å². The minimum absolute atomic E-state index is 0.115. The summed E-state index contributed by atoms with van der Waals surface area (Å²) in [6, 6.07) is 16.5. The smallest absolute Gasteiger partial charge is 0.269 e. The molecule has 1 aliphatic carbocycles. The van der Waals surface area contributed by atoms with Crippen molar-refractivity contribution in [3.8, 4) is 28.8 Å². The molecule has 0 bridgehead atoms. The third-order valence-electron chi connectivity index (χ3n) is 6.29. The topological polar surface area (TPSA) is 123 Å². The maximum Gasteiger partial charge on any atom is 0.269 e. The van der Waals surface area contributed by atoms with Crippen molar-refractivity contribution >= 4 is 29.1 Å². The fourth-order valence-electron chi connectivity index (χ4n) is 4.47. The van der Waals surface area contributed by atoms with Gasteiger partial charge in [0, 0.05) is 41.6 Å². The van der Waals surface area contributed by atoms with E-state index >= 15 is 0 Å². The third-order valence-corrected chi connectivity index (χ3v) is 6.59. The van der Waals surface area contributed by atoms with Crippen LogP contribution in [0.3, 0.4) is 0 Å². The van der Waals surface area contributed by atoms with Crippen LogP contribution in [0.25, 0.3) is 16.9 Å². The molecule has 0 spiro atoms. The van der Waals surface area contributed by atoms with E-state index in [0.29, 0.717) is 31.4 Å². The summed E-state index contributed by atoms with van der Waals surface area (Å²) < 4.78 is 1.72. The Balaban J connectivity index is 1.53. The van der Waals surface area contributed by atoms with Gasteiger partial charge in [-0.3, -0.25) is 9.59 Å². The first-order valence-corrected chi connectivity index (χ1v) is 12.5.